The fourth-order valence-electron chi connectivity index (χ4n) is 2.40. The second kappa shape index (κ2) is 4.01. The van der Waals surface area contributed by atoms with Gasteiger partial charge < -0.3 is 0 Å². The lowest BCUT2D eigenvalue weighted by Crippen LogP contribution is -2.27. The van der Waals surface area contributed by atoms with Crippen LogP contribution in [0, 0.1) is 5.92 Å². The molecule has 6 nitrogen and oxygen atoms in total. The SMILES string of the molecule is CON(C)C(=O)c1nc2n(n1)C(C1CC1)CC2F. The summed E-state index contributed by atoms with van der Waals surface area (Å²) in [7, 11) is 2.85. The van der Waals surface area contributed by atoms with Gasteiger partial charge in [0, 0.05) is 13.5 Å². The van der Waals surface area contributed by atoms with Crippen molar-refractivity contribution in [2.45, 2.75) is 31.5 Å². The molecule has 0 radical (unpaired) electrons. The van der Waals surface area contributed by atoms with Crippen LogP contribution in [-0.2, 0) is 4.84 Å². The van der Waals surface area contributed by atoms with Crippen LogP contribution in [0.1, 0.15) is 47.9 Å². The van der Waals surface area contributed by atoms with Crippen molar-refractivity contribution in [1.29, 1.82) is 0 Å². The standard InChI is InChI=1S/C11H15FN4O2/c1-15(18-2)11(17)9-13-10-7(12)5-8(6-3-4-6)16(10)14-9/h6-8H,3-5H2,1-2H3. The van der Waals surface area contributed by atoms with E-state index >= 15 is 0 Å². The summed E-state index contributed by atoms with van der Waals surface area (Å²) in [6, 6.07) is 0.0666. The number of hydroxylamine groups is 2. The number of nitrogens with zero attached hydrogens (tertiary/aromatic N) is 4. The van der Waals surface area contributed by atoms with Crippen molar-refractivity contribution < 1.29 is 14.0 Å². The minimum atomic E-state index is -1.11. The number of aromatic nitrogens is 3. The summed E-state index contributed by atoms with van der Waals surface area (Å²) >= 11 is 0. The summed E-state index contributed by atoms with van der Waals surface area (Å²) in [6.07, 6.45) is 1.54. The second-order valence-corrected chi connectivity index (χ2v) is 4.83. The zero-order valence-corrected chi connectivity index (χ0v) is 10.3. The summed E-state index contributed by atoms with van der Waals surface area (Å²) in [6.45, 7) is 0. The lowest BCUT2D eigenvalue weighted by Gasteiger charge is -2.11. The number of rotatable bonds is 3. The Bertz CT molecular complexity index is 485. The van der Waals surface area contributed by atoms with Gasteiger partial charge in [0.1, 0.15) is 0 Å². The van der Waals surface area contributed by atoms with Crippen LogP contribution in [0.3, 0.4) is 0 Å². The molecule has 1 amide bonds. The lowest BCUT2D eigenvalue weighted by molar-refractivity contribution is -0.0764. The van der Waals surface area contributed by atoms with Crippen molar-refractivity contribution in [3.05, 3.63) is 11.6 Å². The van der Waals surface area contributed by atoms with E-state index in [-0.39, 0.29) is 17.7 Å². The number of hydrogen-bond donors (Lipinski definition) is 0. The molecular weight excluding hydrogens is 239 g/mol. The molecule has 2 heterocycles. The van der Waals surface area contributed by atoms with Gasteiger partial charge >= 0.3 is 5.91 Å². The predicted molar refractivity (Wildman–Crippen MR) is 59.4 cm³/mol. The number of halogens is 1. The van der Waals surface area contributed by atoms with Gasteiger partial charge in [-0.05, 0) is 18.8 Å². The van der Waals surface area contributed by atoms with Crippen LogP contribution in [0.5, 0.6) is 0 Å². The van der Waals surface area contributed by atoms with E-state index in [2.05, 4.69) is 10.1 Å². The fraction of sp³-hybridized carbons (Fsp3) is 0.727. The quantitative estimate of drug-likeness (QED) is 0.762. The number of alkyl halides is 1. The molecule has 0 N–H and O–H groups in total. The van der Waals surface area contributed by atoms with Crippen LogP contribution in [0.4, 0.5) is 4.39 Å². The fourth-order valence-corrected chi connectivity index (χ4v) is 2.40. The predicted octanol–water partition coefficient (Wildman–Crippen LogP) is 1.28. The van der Waals surface area contributed by atoms with Crippen LogP contribution in [-0.4, -0.2) is 39.9 Å². The number of hydrogen-bond acceptors (Lipinski definition) is 4. The van der Waals surface area contributed by atoms with Gasteiger partial charge in [0.2, 0.25) is 5.82 Å². The van der Waals surface area contributed by atoms with Crippen LogP contribution < -0.4 is 0 Å². The zero-order valence-electron chi connectivity index (χ0n) is 10.3. The molecule has 18 heavy (non-hydrogen) atoms. The average molecular weight is 254 g/mol. The van der Waals surface area contributed by atoms with Gasteiger partial charge in [-0.1, -0.05) is 0 Å². The summed E-state index contributed by atoms with van der Waals surface area (Å²) in [5, 5.41) is 5.18. The van der Waals surface area contributed by atoms with E-state index in [0.29, 0.717) is 12.3 Å². The third-order valence-corrected chi connectivity index (χ3v) is 3.62. The number of amides is 1. The van der Waals surface area contributed by atoms with Gasteiger partial charge in [-0.2, -0.15) is 0 Å². The van der Waals surface area contributed by atoms with Crippen LogP contribution in [0.15, 0.2) is 0 Å². The van der Waals surface area contributed by atoms with E-state index in [1.807, 2.05) is 0 Å². The Morgan fingerprint density at radius 2 is 2.28 bits per heavy atom. The normalized spacial score (nSPS) is 26.2. The first-order valence-corrected chi connectivity index (χ1v) is 6.04. The van der Waals surface area contributed by atoms with Crippen molar-refractivity contribution in [2.75, 3.05) is 14.2 Å². The van der Waals surface area contributed by atoms with Crippen molar-refractivity contribution in [3.63, 3.8) is 0 Å². The van der Waals surface area contributed by atoms with Crippen molar-refractivity contribution in [3.8, 4) is 0 Å². The van der Waals surface area contributed by atoms with Crippen molar-refractivity contribution in [1.82, 2.24) is 19.8 Å². The van der Waals surface area contributed by atoms with E-state index in [0.717, 1.165) is 17.9 Å². The zero-order chi connectivity index (χ0) is 12.9. The summed E-state index contributed by atoms with van der Waals surface area (Å²) in [5.41, 5.74) is 0. The van der Waals surface area contributed by atoms with Crippen molar-refractivity contribution in [2.24, 2.45) is 5.92 Å². The van der Waals surface area contributed by atoms with Gasteiger partial charge in [0.25, 0.3) is 0 Å². The largest absolute Gasteiger partial charge is 0.316 e. The minimum Gasteiger partial charge on any atom is -0.274 e. The third-order valence-electron chi connectivity index (χ3n) is 3.62. The maximum absolute atomic E-state index is 13.8. The molecule has 2 unspecified atom stereocenters. The topological polar surface area (TPSA) is 60.2 Å². The van der Waals surface area contributed by atoms with Gasteiger partial charge in [-0.3, -0.25) is 9.63 Å². The number of fused-ring (bicyclic) bond motifs is 1. The molecule has 2 aliphatic rings. The molecule has 98 valence electrons. The van der Waals surface area contributed by atoms with Crippen LogP contribution in [0.25, 0.3) is 0 Å². The Balaban J connectivity index is 1.90. The van der Waals surface area contributed by atoms with E-state index in [4.69, 9.17) is 4.84 Å². The Labute approximate surface area is 104 Å². The molecule has 1 aliphatic heterocycles. The molecule has 3 rings (SSSR count). The maximum Gasteiger partial charge on any atom is 0.316 e. The monoisotopic (exact) mass is 254 g/mol. The van der Waals surface area contributed by atoms with Crippen LogP contribution in [0.2, 0.25) is 0 Å². The molecule has 0 saturated heterocycles. The summed E-state index contributed by atoms with van der Waals surface area (Å²) in [4.78, 5) is 20.6. The molecule has 0 bridgehead atoms. The Hall–Kier alpha value is -1.50. The number of carbonyl (C=O) groups is 1. The van der Waals surface area contributed by atoms with Crippen LogP contribution >= 0.6 is 0 Å². The molecule has 0 spiro atoms. The van der Waals surface area contributed by atoms with E-state index in [1.165, 1.54) is 14.2 Å². The Morgan fingerprint density at radius 1 is 1.56 bits per heavy atom. The average Bonchev–Trinajstić information content (AvgIpc) is 3.03. The third kappa shape index (κ3) is 1.69. The summed E-state index contributed by atoms with van der Waals surface area (Å²) in [5.74, 6) is 0.317. The Kier molecular flexibility index (Phi) is 2.58. The van der Waals surface area contributed by atoms with Crippen molar-refractivity contribution >= 4 is 5.91 Å². The highest BCUT2D eigenvalue weighted by molar-refractivity contribution is 5.89. The molecule has 7 heteroatoms. The highest BCUT2D eigenvalue weighted by Gasteiger charge is 2.43. The molecule has 1 fully saturated rings. The molecular formula is C11H15FN4O2. The number of carbonyl (C=O) groups excluding carboxylic acids is 1. The summed E-state index contributed by atoms with van der Waals surface area (Å²) < 4.78 is 15.4. The molecule has 0 aromatic carbocycles. The molecule has 1 saturated carbocycles. The lowest BCUT2D eigenvalue weighted by atomic mass is 10.1. The van der Waals surface area contributed by atoms with Gasteiger partial charge in [0.05, 0.1) is 13.2 Å². The Morgan fingerprint density at radius 3 is 2.89 bits per heavy atom. The first-order valence-electron chi connectivity index (χ1n) is 6.04. The van der Waals surface area contributed by atoms with E-state index in [9.17, 15) is 9.18 Å². The second-order valence-electron chi connectivity index (χ2n) is 4.83. The maximum atomic E-state index is 13.8. The molecule has 1 aliphatic carbocycles. The van der Waals surface area contributed by atoms with E-state index < -0.39 is 12.1 Å². The smallest absolute Gasteiger partial charge is 0.274 e. The highest BCUT2D eigenvalue weighted by Crippen LogP contribution is 2.48. The molecule has 1 aromatic heterocycles. The van der Waals surface area contributed by atoms with Gasteiger partial charge in [0.15, 0.2) is 12.0 Å². The van der Waals surface area contributed by atoms with Gasteiger partial charge in [-0.15, -0.1) is 5.10 Å². The molecule has 2 atom stereocenters. The minimum absolute atomic E-state index is 0.00218. The van der Waals surface area contributed by atoms with E-state index in [1.54, 1.807) is 4.68 Å². The first-order chi connectivity index (χ1) is 8.61. The highest BCUT2D eigenvalue weighted by atomic mass is 19.1. The molecule has 1 aromatic rings. The van der Waals surface area contributed by atoms with Gasteiger partial charge in [-0.25, -0.2) is 19.1 Å². The first kappa shape index (κ1) is 11.6.